The van der Waals surface area contributed by atoms with Gasteiger partial charge in [0.2, 0.25) is 0 Å². The Bertz CT molecular complexity index is 502. The highest BCUT2D eigenvalue weighted by molar-refractivity contribution is 6.85. The van der Waals surface area contributed by atoms with Crippen LogP contribution in [0.25, 0.3) is 0 Å². The molecule has 0 saturated carbocycles. The molecule has 0 spiro atoms. The van der Waals surface area contributed by atoms with Gasteiger partial charge in [-0.3, -0.25) is 0 Å². The first-order valence-electron chi connectivity index (χ1n) is 6.77. The molecule has 0 atom stereocenters. The van der Waals surface area contributed by atoms with Crippen molar-refractivity contribution in [3.63, 3.8) is 0 Å². The van der Waals surface area contributed by atoms with E-state index in [1.165, 1.54) is 22.4 Å². The highest BCUT2D eigenvalue weighted by Gasteiger charge is 2.16. The number of hydrogen-bond donors (Lipinski definition) is 0. The lowest BCUT2D eigenvalue weighted by atomic mass is 10.1. The van der Waals surface area contributed by atoms with Crippen LogP contribution in [0.5, 0.6) is 0 Å². The minimum Gasteiger partial charge on any atom is -0.0673 e. The average molecular weight is 253 g/mol. The van der Waals surface area contributed by atoms with Gasteiger partial charge in [-0.15, -0.1) is 0 Å². The molecule has 0 unspecified atom stereocenters. The van der Waals surface area contributed by atoms with Crippen molar-refractivity contribution in [3.8, 4) is 0 Å². The molecule has 2 aromatic rings. The van der Waals surface area contributed by atoms with Crippen LogP contribution in [0.3, 0.4) is 0 Å². The molecule has 18 heavy (non-hydrogen) atoms. The van der Waals surface area contributed by atoms with Crippen LogP contribution < -0.4 is 10.4 Å². The third-order valence-electron chi connectivity index (χ3n) is 3.50. The van der Waals surface area contributed by atoms with Gasteiger partial charge in [-0.25, -0.2) is 0 Å². The molecule has 93 valence electrons. The topological polar surface area (TPSA) is 0 Å². The summed E-state index contributed by atoms with van der Waals surface area (Å²) in [5.41, 5.74) is 2.91. The van der Waals surface area contributed by atoms with E-state index >= 15 is 0 Å². The third kappa shape index (κ3) is 2.73. The summed E-state index contributed by atoms with van der Waals surface area (Å²) in [6.45, 7) is 6.80. The van der Waals surface area contributed by atoms with Crippen LogP contribution >= 0.6 is 0 Å². The van der Waals surface area contributed by atoms with Crippen molar-refractivity contribution in [3.05, 3.63) is 59.7 Å². The van der Waals surface area contributed by atoms with Gasteiger partial charge in [-0.2, -0.15) is 0 Å². The molecule has 2 aromatic carbocycles. The molecule has 1 radical (unpaired) electrons. The maximum absolute atomic E-state index is 2.36. The molecule has 0 saturated heterocycles. The predicted octanol–water partition coefficient (Wildman–Crippen LogP) is 3.19. The van der Waals surface area contributed by atoms with Gasteiger partial charge in [0.1, 0.15) is 8.80 Å². The zero-order chi connectivity index (χ0) is 13.0. The molecule has 1 heteroatoms. The summed E-state index contributed by atoms with van der Waals surface area (Å²) >= 11 is 0. The Kier molecular flexibility index (Phi) is 4.37. The monoisotopic (exact) mass is 253 g/mol. The van der Waals surface area contributed by atoms with Gasteiger partial charge in [0.15, 0.2) is 0 Å². The first-order valence-corrected chi connectivity index (χ1v) is 8.48. The van der Waals surface area contributed by atoms with Gasteiger partial charge < -0.3 is 0 Å². The number of rotatable bonds is 4. The van der Waals surface area contributed by atoms with Crippen LogP contribution in [-0.4, -0.2) is 8.80 Å². The van der Waals surface area contributed by atoms with E-state index in [1.807, 2.05) is 0 Å². The molecule has 0 amide bonds. The van der Waals surface area contributed by atoms with E-state index in [-0.39, 0.29) is 0 Å². The van der Waals surface area contributed by atoms with Gasteiger partial charge >= 0.3 is 0 Å². The lowest BCUT2D eigenvalue weighted by Gasteiger charge is -2.17. The van der Waals surface area contributed by atoms with Gasteiger partial charge in [0.05, 0.1) is 0 Å². The minimum absolute atomic E-state index is 0.594. The van der Waals surface area contributed by atoms with E-state index in [4.69, 9.17) is 0 Å². The van der Waals surface area contributed by atoms with Crippen LogP contribution in [0, 0.1) is 6.92 Å². The quantitative estimate of drug-likeness (QED) is 0.734. The summed E-state index contributed by atoms with van der Waals surface area (Å²) in [7, 11) is -0.594. The van der Waals surface area contributed by atoms with Gasteiger partial charge in [0.25, 0.3) is 0 Å². The molecule has 0 heterocycles. The van der Waals surface area contributed by atoms with Crippen molar-refractivity contribution in [2.45, 2.75) is 33.2 Å². The second-order valence-electron chi connectivity index (χ2n) is 4.70. The normalized spacial score (nSPS) is 10.9. The molecular weight excluding hydrogens is 232 g/mol. The van der Waals surface area contributed by atoms with E-state index in [0.29, 0.717) is 0 Å². The Morgan fingerprint density at radius 2 is 1.67 bits per heavy atom. The zero-order valence-corrected chi connectivity index (χ0v) is 12.5. The molecule has 2 rings (SSSR count). The highest BCUT2D eigenvalue weighted by Crippen LogP contribution is 2.06. The summed E-state index contributed by atoms with van der Waals surface area (Å²) in [6.07, 6.45) is 1.13. The van der Waals surface area contributed by atoms with Gasteiger partial charge in [-0.1, -0.05) is 84.4 Å². The summed E-state index contributed by atoms with van der Waals surface area (Å²) in [4.78, 5) is 0. The van der Waals surface area contributed by atoms with E-state index in [9.17, 15) is 0 Å². The second-order valence-corrected chi connectivity index (χ2v) is 7.48. The Morgan fingerprint density at radius 1 is 0.944 bits per heavy atom. The fourth-order valence-electron chi connectivity index (χ4n) is 2.47. The number of hydrogen-bond acceptors (Lipinski definition) is 0. The SMILES string of the molecule is CCc1ccc([Si](CC)c2ccccc2)c(C)c1. The minimum atomic E-state index is -0.594. The van der Waals surface area contributed by atoms with Crippen molar-refractivity contribution in [1.29, 1.82) is 0 Å². The Balaban J connectivity index is 2.39. The van der Waals surface area contributed by atoms with E-state index < -0.39 is 8.80 Å². The average Bonchev–Trinajstić information content (AvgIpc) is 2.42. The predicted molar refractivity (Wildman–Crippen MR) is 82.5 cm³/mol. The third-order valence-corrected chi connectivity index (χ3v) is 6.45. The van der Waals surface area contributed by atoms with E-state index in [2.05, 4.69) is 69.3 Å². The van der Waals surface area contributed by atoms with Crippen LogP contribution in [0.4, 0.5) is 0 Å². The summed E-state index contributed by atoms with van der Waals surface area (Å²) in [5.74, 6) is 0. The number of benzene rings is 2. The second kappa shape index (κ2) is 6.01. The summed E-state index contributed by atoms with van der Waals surface area (Å²) < 4.78 is 0. The van der Waals surface area contributed by atoms with Crippen molar-refractivity contribution in [1.82, 2.24) is 0 Å². The van der Waals surface area contributed by atoms with Crippen LogP contribution in [0.1, 0.15) is 25.0 Å². The Hall–Kier alpha value is -1.34. The molecule has 0 N–H and O–H groups in total. The Labute approximate surface area is 112 Å². The van der Waals surface area contributed by atoms with Crippen molar-refractivity contribution in [2.75, 3.05) is 0 Å². The Morgan fingerprint density at radius 3 is 2.22 bits per heavy atom. The first kappa shape index (κ1) is 13.1. The maximum atomic E-state index is 2.36. The molecule has 0 fully saturated rings. The largest absolute Gasteiger partial charge is 0.121 e. The van der Waals surface area contributed by atoms with Crippen LogP contribution in [-0.2, 0) is 6.42 Å². The standard InChI is InChI=1S/C17H21Si/c1-4-15-11-12-17(14(3)13-15)18(5-2)16-9-7-6-8-10-16/h6-13H,4-5H2,1-3H3. The van der Waals surface area contributed by atoms with Crippen LogP contribution in [0.15, 0.2) is 48.5 Å². The molecule has 0 aromatic heterocycles. The highest BCUT2D eigenvalue weighted by atomic mass is 28.3. The molecule has 0 aliphatic carbocycles. The molecule has 0 aliphatic heterocycles. The molecule has 0 aliphatic rings. The van der Waals surface area contributed by atoms with Crippen molar-refractivity contribution >= 4 is 19.2 Å². The van der Waals surface area contributed by atoms with E-state index in [0.717, 1.165) is 6.42 Å². The number of aryl methyl sites for hydroxylation is 2. The van der Waals surface area contributed by atoms with Crippen molar-refractivity contribution in [2.24, 2.45) is 0 Å². The smallest absolute Gasteiger partial charge is 0.0673 e. The fourth-order valence-corrected chi connectivity index (χ4v) is 5.00. The van der Waals surface area contributed by atoms with Crippen LogP contribution in [0.2, 0.25) is 6.04 Å². The first-order chi connectivity index (χ1) is 8.76. The lowest BCUT2D eigenvalue weighted by molar-refractivity contribution is 1.13. The maximum Gasteiger partial charge on any atom is 0.121 e. The zero-order valence-electron chi connectivity index (χ0n) is 11.5. The summed E-state index contributed by atoms with van der Waals surface area (Å²) in [6, 6.07) is 19.3. The molecular formula is C17H21Si. The summed E-state index contributed by atoms with van der Waals surface area (Å²) in [5, 5.41) is 3.10. The lowest BCUT2D eigenvalue weighted by Crippen LogP contribution is -2.42. The van der Waals surface area contributed by atoms with E-state index in [1.54, 1.807) is 5.19 Å². The van der Waals surface area contributed by atoms with Gasteiger partial charge in [0, 0.05) is 0 Å². The van der Waals surface area contributed by atoms with Crippen molar-refractivity contribution < 1.29 is 0 Å². The molecule has 0 bridgehead atoms. The molecule has 0 nitrogen and oxygen atoms in total. The van der Waals surface area contributed by atoms with Gasteiger partial charge in [-0.05, 0) is 18.9 Å². The fraction of sp³-hybridized carbons (Fsp3) is 0.294.